The maximum Gasteiger partial charge on any atom is 0.0542 e. The molecular weight excluding hydrogens is 236 g/mol. The molecule has 1 aromatic rings. The van der Waals surface area contributed by atoms with E-state index < -0.39 is 0 Å². The van der Waals surface area contributed by atoms with Crippen molar-refractivity contribution in [1.82, 2.24) is 14.8 Å². The number of nitrogens with two attached hydrogens (primary N) is 1. The summed E-state index contributed by atoms with van der Waals surface area (Å²) in [5.74, 6) is 0.864. The zero-order valence-electron chi connectivity index (χ0n) is 12.2. The fourth-order valence-electron chi connectivity index (χ4n) is 2.84. The third kappa shape index (κ3) is 4.56. The number of rotatable bonds is 5. The van der Waals surface area contributed by atoms with Gasteiger partial charge in [-0.25, -0.2) is 0 Å². The maximum absolute atomic E-state index is 5.64. The molecule has 0 aliphatic carbocycles. The molecule has 1 fully saturated rings. The van der Waals surface area contributed by atoms with Crippen molar-refractivity contribution in [3.63, 3.8) is 0 Å². The quantitative estimate of drug-likeness (QED) is 0.869. The Hall–Kier alpha value is -0.970. The molecule has 1 saturated heterocycles. The van der Waals surface area contributed by atoms with Crippen molar-refractivity contribution in [3.8, 4) is 0 Å². The topological polar surface area (TPSA) is 45.4 Å². The molecule has 0 atom stereocenters. The van der Waals surface area contributed by atoms with E-state index in [0.717, 1.165) is 18.2 Å². The maximum atomic E-state index is 5.64. The molecule has 0 aromatic carbocycles. The Bertz CT molecular complexity index is 383. The number of likely N-dealkylation sites (tertiary alicyclic amines) is 1. The van der Waals surface area contributed by atoms with E-state index >= 15 is 0 Å². The van der Waals surface area contributed by atoms with Crippen LogP contribution in [0.3, 0.4) is 0 Å². The predicted octanol–water partition coefficient (Wildman–Crippen LogP) is 1.31. The van der Waals surface area contributed by atoms with Crippen LogP contribution in [0.1, 0.15) is 24.1 Å². The molecule has 19 heavy (non-hydrogen) atoms. The third-order valence-corrected chi connectivity index (χ3v) is 3.83. The van der Waals surface area contributed by atoms with Crippen molar-refractivity contribution in [2.24, 2.45) is 11.7 Å². The fraction of sp³-hybridized carbons (Fsp3) is 0.667. The summed E-state index contributed by atoms with van der Waals surface area (Å²) in [6.45, 7) is 5.20. The first-order chi connectivity index (χ1) is 9.17. The summed E-state index contributed by atoms with van der Waals surface area (Å²) < 4.78 is 0. The summed E-state index contributed by atoms with van der Waals surface area (Å²) in [5.41, 5.74) is 7.96. The molecule has 106 valence electrons. The number of aromatic nitrogens is 1. The van der Waals surface area contributed by atoms with Gasteiger partial charge in [0.25, 0.3) is 0 Å². The summed E-state index contributed by atoms with van der Waals surface area (Å²) in [5, 5.41) is 0. The van der Waals surface area contributed by atoms with Crippen LogP contribution in [-0.4, -0.2) is 48.5 Å². The number of hydrogen-bond donors (Lipinski definition) is 1. The highest BCUT2D eigenvalue weighted by molar-refractivity contribution is 5.16. The number of pyridine rings is 1. The fourth-order valence-corrected chi connectivity index (χ4v) is 2.84. The predicted molar refractivity (Wildman–Crippen MR) is 78.7 cm³/mol. The van der Waals surface area contributed by atoms with Crippen LogP contribution in [-0.2, 0) is 13.1 Å². The molecule has 1 aliphatic rings. The summed E-state index contributed by atoms with van der Waals surface area (Å²) in [6, 6.07) is 4.23. The molecule has 0 bridgehead atoms. The van der Waals surface area contributed by atoms with E-state index in [1.54, 1.807) is 0 Å². The largest absolute Gasteiger partial charge is 0.325 e. The minimum atomic E-state index is 0.527. The minimum Gasteiger partial charge on any atom is -0.325 e. The van der Waals surface area contributed by atoms with Gasteiger partial charge in [0.05, 0.1) is 5.69 Å². The molecule has 0 saturated carbocycles. The van der Waals surface area contributed by atoms with E-state index in [0.29, 0.717) is 6.54 Å². The molecule has 2 N–H and O–H groups in total. The van der Waals surface area contributed by atoms with Crippen molar-refractivity contribution >= 4 is 0 Å². The van der Waals surface area contributed by atoms with Crippen LogP contribution in [0.25, 0.3) is 0 Å². The Morgan fingerprint density at radius 1 is 1.37 bits per heavy atom. The van der Waals surface area contributed by atoms with E-state index in [1.807, 2.05) is 6.20 Å². The van der Waals surface area contributed by atoms with E-state index in [4.69, 9.17) is 5.73 Å². The summed E-state index contributed by atoms with van der Waals surface area (Å²) >= 11 is 0. The number of piperidine rings is 1. The molecular formula is C15H26N4. The molecule has 0 unspecified atom stereocenters. The van der Waals surface area contributed by atoms with Crippen LogP contribution < -0.4 is 5.73 Å². The molecule has 1 aromatic heterocycles. The van der Waals surface area contributed by atoms with Crippen molar-refractivity contribution in [2.45, 2.75) is 25.9 Å². The molecule has 2 rings (SSSR count). The summed E-state index contributed by atoms with van der Waals surface area (Å²) in [6.07, 6.45) is 4.50. The average Bonchev–Trinajstić information content (AvgIpc) is 2.41. The van der Waals surface area contributed by atoms with Crippen molar-refractivity contribution in [1.29, 1.82) is 0 Å². The van der Waals surface area contributed by atoms with Gasteiger partial charge in [0.1, 0.15) is 0 Å². The van der Waals surface area contributed by atoms with Crippen LogP contribution >= 0.6 is 0 Å². The lowest BCUT2D eigenvalue weighted by Gasteiger charge is -2.33. The van der Waals surface area contributed by atoms with E-state index in [2.05, 4.69) is 41.0 Å². The third-order valence-electron chi connectivity index (χ3n) is 3.83. The molecule has 4 nitrogen and oxygen atoms in total. The number of hydrogen-bond acceptors (Lipinski definition) is 4. The van der Waals surface area contributed by atoms with E-state index in [-0.39, 0.29) is 0 Å². The van der Waals surface area contributed by atoms with Gasteiger partial charge in [0.2, 0.25) is 0 Å². The lowest BCUT2D eigenvalue weighted by molar-refractivity contribution is 0.157. The lowest BCUT2D eigenvalue weighted by atomic mass is 9.96. The molecule has 4 heteroatoms. The normalized spacial score (nSPS) is 18.1. The second kappa shape index (κ2) is 6.98. The Morgan fingerprint density at radius 2 is 2.11 bits per heavy atom. The van der Waals surface area contributed by atoms with Gasteiger partial charge in [-0.1, -0.05) is 0 Å². The lowest BCUT2D eigenvalue weighted by Crippen LogP contribution is -2.36. The highest BCUT2D eigenvalue weighted by Crippen LogP contribution is 2.19. The van der Waals surface area contributed by atoms with Crippen molar-refractivity contribution < 1.29 is 0 Å². The second-order valence-corrected chi connectivity index (χ2v) is 5.84. The monoisotopic (exact) mass is 262 g/mol. The Kier molecular flexibility index (Phi) is 5.31. The van der Waals surface area contributed by atoms with Gasteiger partial charge in [0, 0.05) is 25.8 Å². The van der Waals surface area contributed by atoms with Gasteiger partial charge in [-0.3, -0.25) is 9.88 Å². The van der Waals surface area contributed by atoms with Gasteiger partial charge in [-0.2, -0.15) is 0 Å². The van der Waals surface area contributed by atoms with E-state index in [9.17, 15) is 0 Å². The molecule has 0 spiro atoms. The van der Waals surface area contributed by atoms with Gasteiger partial charge < -0.3 is 10.6 Å². The second-order valence-electron chi connectivity index (χ2n) is 5.84. The van der Waals surface area contributed by atoms with Gasteiger partial charge in [-0.15, -0.1) is 0 Å². The van der Waals surface area contributed by atoms with Crippen LogP contribution in [0.2, 0.25) is 0 Å². The van der Waals surface area contributed by atoms with Gasteiger partial charge in [0.15, 0.2) is 0 Å². The smallest absolute Gasteiger partial charge is 0.0542 e. The standard InChI is InChI=1S/C15H26N4/c1-18(2)11-13-4-7-19(8-5-13)12-14-3-6-17-15(9-14)10-16/h3,6,9,13H,4-5,7-8,10-12,16H2,1-2H3. The Labute approximate surface area is 116 Å². The first-order valence-corrected chi connectivity index (χ1v) is 7.18. The molecule has 0 amide bonds. The zero-order valence-corrected chi connectivity index (χ0v) is 12.2. The SMILES string of the molecule is CN(C)CC1CCN(Cc2ccnc(CN)c2)CC1. The Balaban J connectivity index is 1.81. The van der Waals surface area contributed by atoms with Crippen LogP contribution in [0.4, 0.5) is 0 Å². The average molecular weight is 262 g/mol. The number of nitrogens with zero attached hydrogens (tertiary/aromatic N) is 3. The summed E-state index contributed by atoms with van der Waals surface area (Å²) in [7, 11) is 4.33. The molecule has 2 heterocycles. The van der Waals surface area contributed by atoms with Crippen LogP contribution in [0, 0.1) is 5.92 Å². The first kappa shape index (κ1) is 14.4. The minimum absolute atomic E-state index is 0.527. The highest BCUT2D eigenvalue weighted by atomic mass is 15.1. The molecule has 1 aliphatic heterocycles. The Morgan fingerprint density at radius 3 is 2.74 bits per heavy atom. The summed E-state index contributed by atoms with van der Waals surface area (Å²) in [4.78, 5) is 9.09. The highest BCUT2D eigenvalue weighted by Gasteiger charge is 2.19. The van der Waals surface area contributed by atoms with Crippen LogP contribution in [0.5, 0.6) is 0 Å². The van der Waals surface area contributed by atoms with Crippen molar-refractivity contribution in [3.05, 3.63) is 29.6 Å². The van der Waals surface area contributed by atoms with Crippen LogP contribution in [0.15, 0.2) is 18.3 Å². The van der Waals surface area contributed by atoms with Gasteiger partial charge >= 0.3 is 0 Å². The van der Waals surface area contributed by atoms with Gasteiger partial charge in [-0.05, 0) is 63.6 Å². The molecule has 0 radical (unpaired) electrons. The van der Waals surface area contributed by atoms with Crippen molar-refractivity contribution in [2.75, 3.05) is 33.7 Å². The van der Waals surface area contributed by atoms with E-state index in [1.165, 1.54) is 38.0 Å². The first-order valence-electron chi connectivity index (χ1n) is 7.18. The zero-order chi connectivity index (χ0) is 13.7.